The van der Waals surface area contributed by atoms with Crippen LogP contribution < -0.4 is 10.6 Å². The number of hydrogen-bond donors (Lipinski definition) is 2. The summed E-state index contributed by atoms with van der Waals surface area (Å²) in [6.07, 6.45) is 3.09. The highest BCUT2D eigenvalue weighted by Crippen LogP contribution is 2.23. The van der Waals surface area contributed by atoms with Crippen LogP contribution in [0.2, 0.25) is 5.02 Å². The predicted octanol–water partition coefficient (Wildman–Crippen LogP) is 3.59. The molecule has 1 saturated heterocycles. The van der Waals surface area contributed by atoms with E-state index in [1.165, 1.54) is 0 Å². The standard InChI is InChI=1S/C20H32ClN3O/c1-5-17(6-2)23-18-11-19(20(25)22-14(3)4)24(13-18)12-15-8-7-9-16(21)10-15/h7-10,14,17-19,23H,5-6,11-13H2,1-4H3,(H,22,25)/t18-,19-/m0/s1. The normalized spacial score (nSPS) is 21.2. The summed E-state index contributed by atoms with van der Waals surface area (Å²) in [6, 6.07) is 8.86. The van der Waals surface area contributed by atoms with E-state index in [-0.39, 0.29) is 18.0 Å². The summed E-state index contributed by atoms with van der Waals surface area (Å²) >= 11 is 6.12. The summed E-state index contributed by atoms with van der Waals surface area (Å²) in [5.74, 6) is 0.130. The van der Waals surface area contributed by atoms with E-state index in [1.807, 2.05) is 32.0 Å². The first kappa shape index (κ1) is 20.2. The van der Waals surface area contributed by atoms with Crippen molar-refractivity contribution in [2.24, 2.45) is 0 Å². The fourth-order valence-electron chi connectivity index (χ4n) is 3.58. The van der Waals surface area contributed by atoms with Crippen LogP contribution in [0.5, 0.6) is 0 Å². The third kappa shape index (κ3) is 5.98. The van der Waals surface area contributed by atoms with Gasteiger partial charge in [0, 0.05) is 36.2 Å². The minimum atomic E-state index is -0.0896. The Morgan fingerprint density at radius 2 is 2.04 bits per heavy atom. The van der Waals surface area contributed by atoms with Crippen molar-refractivity contribution in [1.82, 2.24) is 15.5 Å². The van der Waals surface area contributed by atoms with E-state index in [0.717, 1.165) is 42.9 Å². The van der Waals surface area contributed by atoms with Crippen LogP contribution in [0.15, 0.2) is 24.3 Å². The topological polar surface area (TPSA) is 44.4 Å². The van der Waals surface area contributed by atoms with Crippen molar-refractivity contribution in [3.05, 3.63) is 34.9 Å². The number of carbonyl (C=O) groups is 1. The van der Waals surface area contributed by atoms with Gasteiger partial charge in [-0.15, -0.1) is 0 Å². The molecule has 0 aliphatic carbocycles. The average molecular weight is 366 g/mol. The lowest BCUT2D eigenvalue weighted by atomic mass is 10.1. The van der Waals surface area contributed by atoms with Crippen LogP contribution in [0.4, 0.5) is 0 Å². The molecule has 1 heterocycles. The summed E-state index contributed by atoms with van der Waals surface area (Å²) in [7, 11) is 0. The first-order valence-corrected chi connectivity index (χ1v) is 9.85. The zero-order valence-corrected chi connectivity index (χ0v) is 16.6. The van der Waals surface area contributed by atoms with Gasteiger partial charge in [0.1, 0.15) is 0 Å². The van der Waals surface area contributed by atoms with E-state index in [4.69, 9.17) is 11.6 Å². The van der Waals surface area contributed by atoms with Crippen LogP contribution in [0, 0.1) is 0 Å². The summed E-state index contributed by atoms with van der Waals surface area (Å²) in [5.41, 5.74) is 1.15. The molecule has 1 aromatic rings. The van der Waals surface area contributed by atoms with E-state index in [0.29, 0.717) is 12.1 Å². The number of likely N-dealkylation sites (tertiary alicyclic amines) is 1. The summed E-state index contributed by atoms with van der Waals surface area (Å²) in [6.45, 7) is 10.1. The van der Waals surface area contributed by atoms with Gasteiger partial charge in [-0.3, -0.25) is 9.69 Å². The minimum Gasteiger partial charge on any atom is -0.353 e. The largest absolute Gasteiger partial charge is 0.353 e. The number of amides is 1. The van der Waals surface area contributed by atoms with Crippen LogP contribution in [0.3, 0.4) is 0 Å². The van der Waals surface area contributed by atoms with E-state index in [9.17, 15) is 4.79 Å². The molecule has 140 valence electrons. The van der Waals surface area contributed by atoms with Gasteiger partial charge in [-0.1, -0.05) is 37.6 Å². The molecule has 0 bridgehead atoms. The van der Waals surface area contributed by atoms with E-state index in [2.05, 4.69) is 35.4 Å². The van der Waals surface area contributed by atoms with Gasteiger partial charge in [0.05, 0.1) is 6.04 Å². The number of nitrogens with zero attached hydrogens (tertiary/aromatic N) is 1. The predicted molar refractivity (Wildman–Crippen MR) is 105 cm³/mol. The Labute approximate surface area is 157 Å². The van der Waals surface area contributed by atoms with Crippen LogP contribution in [-0.4, -0.2) is 41.5 Å². The van der Waals surface area contributed by atoms with Crippen molar-refractivity contribution in [3.63, 3.8) is 0 Å². The number of hydrogen-bond acceptors (Lipinski definition) is 3. The molecule has 1 amide bonds. The van der Waals surface area contributed by atoms with Crippen molar-refractivity contribution in [2.45, 2.75) is 77.7 Å². The van der Waals surface area contributed by atoms with Gasteiger partial charge in [-0.2, -0.15) is 0 Å². The van der Waals surface area contributed by atoms with Crippen LogP contribution in [-0.2, 0) is 11.3 Å². The molecule has 2 rings (SSSR count). The van der Waals surface area contributed by atoms with Crippen LogP contribution in [0.25, 0.3) is 0 Å². The van der Waals surface area contributed by atoms with Gasteiger partial charge < -0.3 is 10.6 Å². The Morgan fingerprint density at radius 1 is 1.32 bits per heavy atom. The average Bonchev–Trinajstić information content (AvgIpc) is 2.94. The van der Waals surface area contributed by atoms with E-state index in [1.54, 1.807) is 0 Å². The number of nitrogens with one attached hydrogen (secondary N) is 2. The zero-order chi connectivity index (χ0) is 18.4. The SMILES string of the molecule is CCC(CC)N[C@H]1C[C@@H](C(=O)NC(C)C)N(Cc2cccc(Cl)c2)C1. The Bertz CT molecular complexity index is 560. The fraction of sp³-hybridized carbons (Fsp3) is 0.650. The van der Waals surface area contributed by atoms with Crippen molar-refractivity contribution < 1.29 is 4.79 Å². The molecule has 0 unspecified atom stereocenters. The van der Waals surface area contributed by atoms with Crippen molar-refractivity contribution >= 4 is 17.5 Å². The lowest BCUT2D eigenvalue weighted by molar-refractivity contribution is -0.126. The molecular weight excluding hydrogens is 334 g/mol. The molecule has 1 aromatic carbocycles. The maximum Gasteiger partial charge on any atom is 0.237 e. The maximum absolute atomic E-state index is 12.7. The van der Waals surface area contributed by atoms with Gasteiger partial charge in [0.2, 0.25) is 5.91 Å². The molecule has 1 fully saturated rings. The molecule has 1 aliphatic rings. The zero-order valence-electron chi connectivity index (χ0n) is 15.9. The third-order valence-electron chi connectivity index (χ3n) is 4.87. The van der Waals surface area contributed by atoms with Crippen LogP contribution >= 0.6 is 11.6 Å². The molecule has 1 aliphatic heterocycles. The molecule has 0 spiro atoms. The molecule has 0 saturated carbocycles. The molecule has 4 nitrogen and oxygen atoms in total. The number of halogens is 1. The monoisotopic (exact) mass is 365 g/mol. The van der Waals surface area contributed by atoms with Crippen molar-refractivity contribution in [2.75, 3.05) is 6.54 Å². The Kier molecular flexibility index (Phi) is 7.73. The lowest BCUT2D eigenvalue weighted by Crippen LogP contribution is -2.45. The second-order valence-corrected chi connectivity index (χ2v) is 7.79. The van der Waals surface area contributed by atoms with Crippen molar-refractivity contribution in [3.8, 4) is 0 Å². The summed E-state index contributed by atoms with van der Waals surface area (Å²) < 4.78 is 0. The Hall–Kier alpha value is -1.10. The summed E-state index contributed by atoms with van der Waals surface area (Å²) in [4.78, 5) is 15.0. The fourth-order valence-corrected chi connectivity index (χ4v) is 3.79. The highest BCUT2D eigenvalue weighted by atomic mass is 35.5. The molecule has 2 atom stereocenters. The Balaban J connectivity index is 2.09. The van der Waals surface area contributed by atoms with E-state index < -0.39 is 0 Å². The smallest absolute Gasteiger partial charge is 0.237 e. The molecular formula is C20H32ClN3O. The second kappa shape index (κ2) is 9.56. The second-order valence-electron chi connectivity index (χ2n) is 7.35. The van der Waals surface area contributed by atoms with Gasteiger partial charge in [-0.25, -0.2) is 0 Å². The van der Waals surface area contributed by atoms with Crippen LogP contribution in [0.1, 0.15) is 52.5 Å². The van der Waals surface area contributed by atoms with Gasteiger partial charge in [0.25, 0.3) is 0 Å². The molecule has 0 radical (unpaired) electrons. The number of carbonyl (C=O) groups excluding carboxylic acids is 1. The minimum absolute atomic E-state index is 0.0896. The number of rotatable bonds is 8. The number of benzene rings is 1. The van der Waals surface area contributed by atoms with Crippen molar-refractivity contribution in [1.29, 1.82) is 0 Å². The molecule has 25 heavy (non-hydrogen) atoms. The Morgan fingerprint density at radius 3 is 2.64 bits per heavy atom. The van der Waals surface area contributed by atoms with E-state index >= 15 is 0 Å². The first-order chi connectivity index (χ1) is 11.9. The highest BCUT2D eigenvalue weighted by Gasteiger charge is 2.37. The quantitative estimate of drug-likeness (QED) is 0.740. The van der Waals surface area contributed by atoms with Gasteiger partial charge in [-0.05, 0) is 50.8 Å². The third-order valence-corrected chi connectivity index (χ3v) is 5.10. The van der Waals surface area contributed by atoms with Gasteiger partial charge in [0.15, 0.2) is 0 Å². The summed E-state index contributed by atoms with van der Waals surface area (Å²) in [5, 5.41) is 7.55. The van der Waals surface area contributed by atoms with Gasteiger partial charge >= 0.3 is 0 Å². The molecule has 2 N–H and O–H groups in total. The molecule has 5 heteroatoms. The molecule has 0 aromatic heterocycles. The first-order valence-electron chi connectivity index (χ1n) is 9.47. The maximum atomic E-state index is 12.7. The lowest BCUT2D eigenvalue weighted by Gasteiger charge is -2.24. The highest BCUT2D eigenvalue weighted by molar-refractivity contribution is 6.30.